The molecular weight excluding hydrogens is 234 g/mol. The third-order valence-corrected chi connectivity index (χ3v) is 3.06. The van der Waals surface area contributed by atoms with Crippen molar-refractivity contribution in [2.24, 2.45) is 0 Å². The minimum atomic E-state index is -0.0373. The van der Waals surface area contributed by atoms with E-state index >= 15 is 0 Å². The SMILES string of the molecule is Cc1ccc(C)c(CC(=O)Nc2cnns2)c1. The van der Waals surface area contributed by atoms with Gasteiger partial charge in [-0.3, -0.25) is 4.79 Å². The summed E-state index contributed by atoms with van der Waals surface area (Å²) in [5, 5.41) is 7.12. The molecule has 0 fully saturated rings. The van der Waals surface area contributed by atoms with E-state index in [9.17, 15) is 4.79 Å². The van der Waals surface area contributed by atoms with Crippen molar-refractivity contribution in [2.45, 2.75) is 20.3 Å². The van der Waals surface area contributed by atoms with Crippen LogP contribution in [0.25, 0.3) is 0 Å². The second-order valence-electron chi connectivity index (χ2n) is 3.94. The number of rotatable bonds is 3. The minimum Gasteiger partial charge on any atom is -0.315 e. The Morgan fingerprint density at radius 3 is 2.94 bits per heavy atom. The molecule has 0 bridgehead atoms. The second-order valence-corrected chi connectivity index (χ2v) is 4.72. The first kappa shape index (κ1) is 11.7. The van der Waals surface area contributed by atoms with E-state index in [1.54, 1.807) is 6.20 Å². The number of nitrogens with zero attached hydrogens (tertiary/aromatic N) is 2. The molecule has 17 heavy (non-hydrogen) atoms. The van der Waals surface area contributed by atoms with Crippen LogP contribution in [0.5, 0.6) is 0 Å². The molecule has 0 atom stereocenters. The maximum Gasteiger partial charge on any atom is 0.229 e. The van der Waals surface area contributed by atoms with Gasteiger partial charge in [0.25, 0.3) is 0 Å². The molecule has 4 nitrogen and oxygen atoms in total. The van der Waals surface area contributed by atoms with Crippen molar-refractivity contribution in [3.8, 4) is 0 Å². The Hall–Kier alpha value is -1.75. The lowest BCUT2D eigenvalue weighted by molar-refractivity contribution is -0.115. The molecule has 0 spiro atoms. The average molecular weight is 247 g/mol. The van der Waals surface area contributed by atoms with Crippen LogP contribution in [0.4, 0.5) is 5.00 Å². The molecule has 1 N–H and O–H groups in total. The van der Waals surface area contributed by atoms with Crippen LogP contribution < -0.4 is 5.32 Å². The molecular formula is C12H13N3OS. The fraction of sp³-hybridized carbons (Fsp3) is 0.250. The first-order valence-electron chi connectivity index (χ1n) is 5.28. The van der Waals surface area contributed by atoms with Crippen molar-refractivity contribution in [3.05, 3.63) is 41.1 Å². The Balaban J connectivity index is 2.05. The lowest BCUT2D eigenvalue weighted by Crippen LogP contribution is -2.14. The van der Waals surface area contributed by atoms with E-state index in [2.05, 4.69) is 14.9 Å². The van der Waals surface area contributed by atoms with Crippen LogP contribution >= 0.6 is 11.5 Å². The Labute approximate surface area is 104 Å². The topological polar surface area (TPSA) is 54.9 Å². The molecule has 0 unspecified atom stereocenters. The number of hydrogen-bond donors (Lipinski definition) is 1. The fourth-order valence-electron chi connectivity index (χ4n) is 1.57. The highest BCUT2D eigenvalue weighted by Gasteiger charge is 2.07. The predicted octanol–water partition coefficient (Wildman–Crippen LogP) is 2.34. The maximum absolute atomic E-state index is 11.8. The van der Waals surface area contributed by atoms with Gasteiger partial charge in [-0.15, -0.1) is 5.10 Å². The molecule has 0 saturated heterocycles. The van der Waals surface area contributed by atoms with Crippen LogP contribution in [0.2, 0.25) is 0 Å². The second kappa shape index (κ2) is 5.05. The molecule has 5 heteroatoms. The molecule has 0 aliphatic heterocycles. The number of anilines is 1. The van der Waals surface area contributed by atoms with E-state index in [-0.39, 0.29) is 5.91 Å². The van der Waals surface area contributed by atoms with Gasteiger partial charge in [0.05, 0.1) is 12.6 Å². The molecule has 0 saturated carbocycles. The zero-order chi connectivity index (χ0) is 12.3. The van der Waals surface area contributed by atoms with E-state index in [0.717, 1.165) is 16.7 Å². The number of hydrogen-bond acceptors (Lipinski definition) is 4. The first-order valence-corrected chi connectivity index (χ1v) is 6.06. The minimum absolute atomic E-state index is 0.0373. The highest BCUT2D eigenvalue weighted by molar-refractivity contribution is 7.10. The van der Waals surface area contributed by atoms with Gasteiger partial charge in [0.2, 0.25) is 5.91 Å². The standard InChI is InChI=1S/C12H13N3OS/c1-8-3-4-9(2)10(5-8)6-11(16)14-12-7-13-15-17-12/h3-5,7H,6H2,1-2H3,(H,14,16). The molecule has 0 aliphatic carbocycles. The summed E-state index contributed by atoms with van der Waals surface area (Å²) in [5.74, 6) is -0.0373. The largest absolute Gasteiger partial charge is 0.315 e. The van der Waals surface area contributed by atoms with Gasteiger partial charge in [0.1, 0.15) is 5.00 Å². The Morgan fingerprint density at radius 1 is 1.41 bits per heavy atom. The average Bonchev–Trinajstić information content (AvgIpc) is 2.76. The van der Waals surface area contributed by atoms with E-state index in [1.165, 1.54) is 11.5 Å². The van der Waals surface area contributed by atoms with Crippen molar-refractivity contribution in [3.63, 3.8) is 0 Å². The van der Waals surface area contributed by atoms with Crippen molar-refractivity contribution >= 4 is 22.4 Å². The van der Waals surface area contributed by atoms with Crippen molar-refractivity contribution < 1.29 is 4.79 Å². The number of carbonyl (C=O) groups is 1. The number of nitrogens with one attached hydrogen (secondary N) is 1. The molecule has 1 heterocycles. The molecule has 88 valence electrons. The number of carbonyl (C=O) groups excluding carboxylic acids is 1. The Bertz CT molecular complexity index is 523. The normalized spacial score (nSPS) is 10.2. The molecule has 1 amide bonds. The van der Waals surface area contributed by atoms with Crippen LogP contribution in [-0.4, -0.2) is 15.5 Å². The first-order chi connectivity index (χ1) is 8.15. The molecule has 1 aromatic heterocycles. The van der Waals surface area contributed by atoms with Crippen molar-refractivity contribution in [1.29, 1.82) is 0 Å². The highest BCUT2D eigenvalue weighted by atomic mass is 32.1. The Kier molecular flexibility index (Phi) is 3.49. The quantitative estimate of drug-likeness (QED) is 0.905. The smallest absolute Gasteiger partial charge is 0.229 e. The number of aromatic nitrogens is 2. The number of benzene rings is 1. The Morgan fingerprint density at radius 2 is 2.24 bits per heavy atom. The highest BCUT2D eigenvalue weighted by Crippen LogP contribution is 2.14. The monoisotopic (exact) mass is 247 g/mol. The number of amides is 1. The zero-order valence-electron chi connectivity index (χ0n) is 9.73. The van der Waals surface area contributed by atoms with Crippen LogP contribution in [-0.2, 0) is 11.2 Å². The van der Waals surface area contributed by atoms with Gasteiger partial charge in [0, 0.05) is 11.5 Å². The van der Waals surface area contributed by atoms with Gasteiger partial charge < -0.3 is 5.32 Å². The molecule has 2 rings (SSSR count). The summed E-state index contributed by atoms with van der Waals surface area (Å²) in [5.41, 5.74) is 3.35. The number of aryl methyl sites for hydroxylation is 2. The summed E-state index contributed by atoms with van der Waals surface area (Å²) in [7, 11) is 0. The van der Waals surface area contributed by atoms with Crippen LogP contribution in [0.1, 0.15) is 16.7 Å². The van der Waals surface area contributed by atoms with E-state index < -0.39 is 0 Å². The van der Waals surface area contributed by atoms with Gasteiger partial charge in [-0.2, -0.15) is 0 Å². The summed E-state index contributed by atoms with van der Waals surface area (Å²) in [6.07, 6.45) is 1.93. The van der Waals surface area contributed by atoms with Crippen LogP contribution in [0.3, 0.4) is 0 Å². The summed E-state index contributed by atoms with van der Waals surface area (Å²) in [6, 6.07) is 6.12. The van der Waals surface area contributed by atoms with Gasteiger partial charge in [-0.25, -0.2) is 0 Å². The molecule has 1 aromatic carbocycles. The summed E-state index contributed by atoms with van der Waals surface area (Å²) < 4.78 is 3.69. The molecule has 0 radical (unpaired) electrons. The van der Waals surface area contributed by atoms with E-state index in [0.29, 0.717) is 11.4 Å². The van der Waals surface area contributed by atoms with Gasteiger partial charge >= 0.3 is 0 Å². The summed E-state index contributed by atoms with van der Waals surface area (Å²) in [6.45, 7) is 4.03. The van der Waals surface area contributed by atoms with Crippen molar-refractivity contribution in [2.75, 3.05) is 5.32 Å². The predicted molar refractivity (Wildman–Crippen MR) is 68.2 cm³/mol. The van der Waals surface area contributed by atoms with Gasteiger partial charge in [-0.1, -0.05) is 28.3 Å². The maximum atomic E-state index is 11.8. The van der Waals surface area contributed by atoms with Gasteiger partial charge in [0.15, 0.2) is 0 Å². The molecule has 0 aliphatic rings. The lowest BCUT2D eigenvalue weighted by Gasteiger charge is -2.06. The van der Waals surface area contributed by atoms with Crippen LogP contribution in [0.15, 0.2) is 24.4 Å². The third-order valence-electron chi connectivity index (χ3n) is 2.48. The van der Waals surface area contributed by atoms with Gasteiger partial charge in [-0.05, 0) is 25.0 Å². The van der Waals surface area contributed by atoms with Crippen molar-refractivity contribution in [1.82, 2.24) is 9.59 Å². The van der Waals surface area contributed by atoms with E-state index in [1.807, 2.05) is 32.0 Å². The summed E-state index contributed by atoms with van der Waals surface area (Å²) in [4.78, 5) is 11.8. The lowest BCUT2D eigenvalue weighted by atomic mass is 10.0. The third kappa shape index (κ3) is 3.10. The molecule has 2 aromatic rings. The fourth-order valence-corrected chi connectivity index (χ4v) is 2.00. The van der Waals surface area contributed by atoms with E-state index in [4.69, 9.17) is 0 Å². The van der Waals surface area contributed by atoms with Crippen LogP contribution in [0, 0.1) is 13.8 Å². The summed E-state index contributed by atoms with van der Waals surface area (Å²) >= 11 is 1.18. The zero-order valence-corrected chi connectivity index (χ0v) is 10.5.